The Balaban J connectivity index is 2.46. The first kappa shape index (κ1) is 14.2. The quantitative estimate of drug-likeness (QED) is 0.302. The van der Waals surface area contributed by atoms with Gasteiger partial charge in [-0.1, -0.05) is 5.16 Å². The van der Waals surface area contributed by atoms with Crippen LogP contribution in [-0.4, -0.2) is 72.8 Å². The number of piperazine rings is 1. The van der Waals surface area contributed by atoms with Crippen LogP contribution in [0.25, 0.3) is 0 Å². The summed E-state index contributed by atoms with van der Waals surface area (Å²) in [6.07, 6.45) is 0. The molecule has 0 saturated carbocycles. The summed E-state index contributed by atoms with van der Waals surface area (Å²) < 4.78 is 5.07. The molecule has 0 aromatic rings. The van der Waals surface area contributed by atoms with Crippen LogP contribution in [0.15, 0.2) is 5.16 Å². The Kier molecular flexibility index (Phi) is 5.17. The van der Waals surface area contributed by atoms with Gasteiger partial charge >= 0.3 is 0 Å². The van der Waals surface area contributed by atoms with Crippen molar-refractivity contribution in [1.29, 1.82) is 0 Å². The number of methoxy groups -OCH3 is 1. The first-order valence-electron chi connectivity index (χ1n) is 5.96. The number of rotatable bonds is 5. The maximum atomic E-state index is 8.78. The van der Waals surface area contributed by atoms with Crippen LogP contribution in [0.4, 0.5) is 0 Å². The lowest BCUT2D eigenvalue weighted by Gasteiger charge is -2.43. The van der Waals surface area contributed by atoms with Crippen LogP contribution in [0.2, 0.25) is 0 Å². The topological polar surface area (TPSA) is 74.3 Å². The van der Waals surface area contributed by atoms with E-state index in [1.165, 1.54) is 0 Å². The zero-order valence-electron chi connectivity index (χ0n) is 11.0. The first-order valence-corrected chi connectivity index (χ1v) is 5.96. The van der Waals surface area contributed by atoms with Crippen LogP contribution in [0.3, 0.4) is 0 Å². The van der Waals surface area contributed by atoms with Gasteiger partial charge in [-0.15, -0.1) is 0 Å². The van der Waals surface area contributed by atoms with Gasteiger partial charge in [-0.2, -0.15) is 0 Å². The van der Waals surface area contributed by atoms with E-state index < -0.39 is 0 Å². The molecule has 0 unspecified atom stereocenters. The van der Waals surface area contributed by atoms with Gasteiger partial charge in [0, 0.05) is 39.8 Å². The monoisotopic (exact) mass is 244 g/mol. The molecule has 0 aromatic carbocycles. The minimum Gasteiger partial charge on any atom is -0.409 e. The van der Waals surface area contributed by atoms with E-state index in [2.05, 4.69) is 15.0 Å². The number of hydrogen-bond donors (Lipinski definition) is 2. The molecule has 1 fully saturated rings. The fraction of sp³-hybridized carbons (Fsp3) is 0.909. The maximum Gasteiger partial charge on any atom is 0.159 e. The predicted octanol–water partition coefficient (Wildman–Crippen LogP) is -0.225. The van der Waals surface area contributed by atoms with E-state index in [4.69, 9.17) is 15.7 Å². The van der Waals surface area contributed by atoms with E-state index in [0.717, 1.165) is 39.3 Å². The van der Waals surface area contributed by atoms with Gasteiger partial charge in [-0.3, -0.25) is 9.80 Å². The second-order valence-electron chi connectivity index (χ2n) is 4.87. The van der Waals surface area contributed by atoms with Crippen molar-refractivity contribution >= 4 is 5.84 Å². The zero-order chi connectivity index (χ0) is 12.9. The van der Waals surface area contributed by atoms with Gasteiger partial charge in [-0.25, -0.2) is 0 Å². The van der Waals surface area contributed by atoms with Crippen LogP contribution >= 0.6 is 0 Å². The Morgan fingerprint density at radius 1 is 1.35 bits per heavy atom. The van der Waals surface area contributed by atoms with Crippen molar-refractivity contribution in [3.63, 3.8) is 0 Å². The number of nitrogens with zero attached hydrogens (tertiary/aromatic N) is 3. The third-order valence-corrected chi connectivity index (χ3v) is 3.51. The minimum atomic E-state index is -0.387. The molecule has 0 amide bonds. The lowest BCUT2D eigenvalue weighted by molar-refractivity contribution is 0.0655. The van der Waals surface area contributed by atoms with Gasteiger partial charge in [-0.05, 0) is 13.8 Å². The molecule has 3 N–H and O–H groups in total. The Labute approximate surface area is 103 Å². The molecular formula is C11H24N4O2. The van der Waals surface area contributed by atoms with Crippen molar-refractivity contribution < 1.29 is 9.94 Å². The molecule has 100 valence electrons. The highest BCUT2D eigenvalue weighted by Gasteiger charge is 2.33. The van der Waals surface area contributed by atoms with Crippen molar-refractivity contribution in [2.45, 2.75) is 19.4 Å². The molecule has 0 atom stereocenters. The van der Waals surface area contributed by atoms with E-state index in [0.29, 0.717) is 0 Å². The summed E-state index contributed by atoms with van der Waals surface area (Å²) in [5, 5.41) is 11.9. The smallest absolute Gasteiger partial charge is 0.159 e. The molecule has 17 heavy (non-hydrogen) atoms. The summed E-state index contributed by atoms with van der Waals surface area (Å²) in [7, 11) is 1.72. The van der Waals surface area contributed by atoms with Crippen LogP contribution in [0.5, 0.6) is 0 Å². The summed E-state index contributed by atoms with van der Waals surface area (Å²) in [5.74, 6) is 0.267. The second kappa shape index (κ2) is 6.18. The van der Waals surface area contributed by atoms with Gasteiger partial charge < -0.3 is 15.7 Å². The third kappa shape index (κ3) is 3.55. The van der Waals surface area contributed by atoms with Crippen LogP contribution in [0, 0.1) is 0 Å². The Morgan fingerprint density at radius 3 is 2.41 bits per heavy atom. The van der Waals surface area contributed by atoms with Crippen molar-refractivity contribution in [2.24, 2.45) is 10.9 Å². The molecule has 1 aliphatic heterocycles. The lowest BCUT2D eigenvalue weighted by Crippen LogP contribution is -2.59. The zero-order valence-corrected chi connectivity index (χ0v) is 11.0. The van der Waals surface area contributed by atoms with Gasteiger partial charge in [0.25, 0.3) is 0 Å². The van der Waals surface area contributed by atoms with Crippen molar-refractivity contribution in [2.75, 3.05) is 46.4 Å². The van der Waals surface area contributed by atoms with Crippen molar-refractivity contribution in [3.8, 4) is 0 Å². The van der Waals surface area contributed by atoms with E-state index in [9.17, 15) is 0 Å². The molecule has 1 saturated heterocycles. The largest absolute Gasteiger partial charge is 0.409 e. The number of hydrogen-bond acceptors (Lipinski definition) is 5. The first-order chi connectivity index (χ1) is 8.02. The van der Waals surface area contributed by atoms with Gasteiger partial charge in [0.1, 0.15) is 0 Å². The van der Waals surface area contributed by atoms with E-state index in [1.807, 2.05) is 13.8 Å². The standard InChI is InChI=1S/C11H24N4O2/c1-11(2,10(12)13-16)15-6-4-14(5-7-15)8-9-17-3/h16H,4-9H2,1-3H3,(H2,12,13). The van der Waals surface area contributed by atoms with Crippen LogP contribution in [0.1, 0.15) is 13.8 Å². The molecule has 0 bridgehead atoms. The summed E-state index contributed by atoms with van der Waals surface area (Å²) in [4.78, 5) is 4.60. The highest BCUT2D eigenvalue weighted by atomic mass is 16.5. The lowest BCUT2D eigenvalue weighted by atomic mass is 10.0. The number of ether oxygens (including phenoxy) is 1. The SMILES string of the molecule is COCCN1CCN(C(C)(C)C(N)=NO)CC1. The Morgan fingerprint density at radius 2 is 1.94 bits per heavy atom. The molecular weight excluding hydrogens is 220 g/mol. The number of nitrogens with two attached hydrogens (primary N) is 1. The molecule has 1 heterocycles. The Hall–Kier alpha value is -0.850. The molecule has 0 spiro atoms. The van der Waals surface area contributed by atoms with Crippen molar-refractivity contribution in [1.82, 2.24) is 9.80 Å². The number of amidine groups is 1. The normalized spacial score (nSPS) is 20.8. The maximum absolute atomic E-state index is 8.78. The second-order valence-corrected chi connectivity index (χ2v) is 4.87. The average Bonchev–Trinajstić information content (AvgIpc) is 2.35. The molecule has 6 heteroatoms. The van der Waals surface area contributed by atoms with Crippen molar-refractivity contribution in [3.05, 3.63) is 0 Å². The van der Waals surface area contributed by atoms with E-state index in [-0.39, 0.29) is 11.4 Å². The van der Waals surface area contributed by atoms with Crippen LogP contribution in [-0.2, 0) is 4.74 Å². The highest BCUT2D eigenvalue weighted by Crippen LogP contribution is 2.17. The highest BCUT2D eigenvalue weighted by molar-refractivity contribution is 5.88. The average molecular weight is 244 g/mol. The third-order valence-electron chi connectivity index (χ3n) is 3.51. The molecule has 1 aliphatic rings. The minimum absolute atomic E-state index is 0.267. The molecule has 0 aliphatic carbocycles. The van der Waals surface area contributed by atoms with Gasteiger partial charge in [0.15, 0.2) is 5.84 Å². The Bertz CT molecular complexity index is 260. The van der Waals surface area contributed by atoms with Crippen LogP contribution < -0.4 is 5.73 Å². The number of oxime groups is 1. The molecule has 0 radical (unpaired) electrons. The van der Waals surface area contributed by atoms with Gasteiger partial charge in [0.05, 0.1) is 12.1 Å². The summed E-state index contributed by atoms with van der Waals surface area (Å²) in [6, 6.07) is 0. The molecule has 6 nitrogen and oxygen atoms in total. The molecule has 0 aromatic heterocycles. The molecule has 1 rings (SSSR count). The van der Waals surface area contributed by atoms with E-state index >= 15 is 0 Å². The predicted molar refractivity (Wildman–Crippen MR) is 67.4 cm³/mol. The van der Waals surface area contributed by atoms with Gasteiger partial charge in [0.2, 0.25) is 0 Å². The summed E-state index contributed by atoms with van der Waals surface area (Å²) in [6.45, 7) is 9.52. The fourth-order valence-electron chi connectivity index (χ4n) is 2.04. The fourth-order valence-corrected chi connectivity index (χ4v) is 2.04. The van der Waals surface area contributed by atoms with E-state index in [1.54, 1.807) is 7.11 Å². The summed E-state index contributed by atoms with van der Waals surface area (Å²) in [5.41, 5.74) is 5.33. The summed E-state index contributed by atoms with van der Waals surface area (Å²) >= 11 is 0.